The first-order valence-electron chi connectivity index (χ1n) is 15.1. The Labute approximate surface area is 246 Å². The number of halogens is 1. The van der Waals surface area contributed by atoms with Crippen LogP contribution in [0.15, 0.2) is 72.0 Å². The summed E-state index contributed by atoms with van der Waals surface area (Å²) in [6.45, 7) is 4.04. The molecule has 1 saturated carbocycles. The smallest absolute Gasteiger partial charge is 0.333 e. The van der Waals surface area contributed by atoms with E-state index in [1.807, 2.05) is 32.0 Å². The second kappa shape index (κ2) is 10.7. The van der Waals surface area contributed by atoms with Crippen LogP contribution in [0.5, 0.6) is 0 Å². The number of imide groups is 2. The van der Waals surface area contributed by atoms with Gasteiger partial charge in [-0.15, -0.1) is 0 Å². The number of allylic oxidation sites excluding steroid dienone is 3. The monoisotopic (exact) mass is 567 g/mol. The van der Waals surface area contributed by atoms with Crippen molar-refractivity contribution in [2.24, 2.45) is 5.92 Å². The van der Waals surface area contributed by atoms with Crippen LogP contribution in [0.1, 0.15) is 64.4 Å². The van der Waals surface area contributed by atoms with Crippen LogP contribution in [0.4, 0.5) is 14.9 Å². The maximum absolute atomic E-state index is 17.9. The number of hydrogen-bond donors (Lipinski definition) is 0. The molecule has 4 amide bonds. The molecule has 2 heterocycles. The maximum Gasteiger partial charge on any atom is 0.333 e. The van der Waals surface area contributed by atoms with Gasteiger partial charge in [-0.25, -0.2) is 9.18 Å². The summed E-state index contributed by atoms with van der Waals surface area (Å²) in [5.74, 6) is -1.31. The van der Waals surface area contributed by atoms with E-state index in [9.17, 15) is 14.4 Å². The molecule has 2 aliphatic heterocycles. The molecule has 1 aliphatic carbocycles. The average Bonchev–Trinajstić information content (AvgIpc) is 3.13. The second-order valence-corrected chi connectivity index (χ2v) is 12.5. The van der Waals surface area contributed by atoms with Gasteiger partial charge in [-0.1, -0.05) is 63.8 Å². The van der Waals surface area contributed by atoms with E-state index in [-0.39, 0.29) is 24.0 Å². The molecule has 6 rings (SSSR count). The van der Waals surface area contributed by atoms with Gasteiger partial charge in [0, 0.05) is 31.4 Å². The first kappa shape index (κ1) is 28.1. The summed E-state index contributed by atoms with van der Waals surface area (Å²) in [6, 6.07) is 16.1. The van der Waals surface area contributed by atoms with Crippen molar-refractivity contribution < 1.29 is 18.8 Å². The summed E-state index contributed by atoms with van der Waals surface area (Å²) in [7, 11) is 2.71. The van der Waals surface area contributed by atoms with Gasteiger partial charge in [0.05, 0.1) is 5.70 Å². The molecule has 0 N–H and O–H groups in total. The van der Waals surface area contributed by atoms with Gasteiger partial charge >= 0.3 is 6.03 Å². The summed E-state index contributed by atoms with van der Waals surface area (Å²) in [4.78, 5) is 42.4. The van der Waals surface area contributed by atoms with Crippen LogP contribution in [0, 0.1) is 5.92 Å². The Bertz CT molecular complexity index is 1640. The lowest BCUT2D eigenvalue weighted by atomic mass is 9.85. The molecule has 0 bridgehead atoms. The summed E-state index contributed by atoms with van der Waals surface area (Å²) in [5.41, 5.74) is 0.00314. The van der Waals surface area contributed by atoms with Gasteiger partial charge in [-0.3, -0.25) is 19.4 Å². The normalized spacial score (nSPS) is 23.1. The lowest BCUT2D eigenvalue weighted by Crippen LogP contribution is -2.53. The van der Waals surface area contributed by atoms with E-state index in [2.05, 4.69) is 35.2 Å². The molecule has 3 aromatic carbocycles. The fourth-order valence-corrected chi connectivity index (χ4v) is 7.01. The third-order valence-electron chi connectivity index (χ3n) is 9.10. The predicted molar refractivity (Wildman–Crippen MR) is 165 cm³/mol. The molecule has 0 radical (unpaired) electrons. The zero-order valence-electron chi connectivity index (χ0n) is 24.8. The fraction of sp³-hybridized carbons (Fsp3) is 0.400. The number of rotatable bonds is 4. The van der Waals surface area contributed by atoms with Crippen LogP contribution in [-0.4, -0.2) is 47.8 Å². The molecular formula is C35H38FN3O3. The van der Waals surface area contributed by atoms with Crippen molar-refractivity contribution >= 4 is 45.1 Å². The Balaban J connectivity index is 1.58. The molecule has 6 nitrogen and oxygen atoms in total. The van der Waals surface area contributed by atoms with Crippen molar-refractivity contribution in [3.05, 3.63) is 77.5 Å². The highest BCUT2D eigenvalue weighted by Crippen LogP contribution is 2.55. The lowest BCUT2D eigenvalue weighted by molar-refractivity contribution is -0.134. The number of urea groups is 1. The summed E-state index contributed by atoms with van der Waals surface area (Å²) < 4.78 is 17.9. The van der Waals surface area contributed by atoms with E-state index >= 15 is 4.39 Å². The number of carbonyl (C=O) groups is 3. The number of carbonyl (C=O) groups excluding carboxylic acids is 3. The topological polar surface area (TPSA) is 60.9 Å². The maximum atomic E-state index is 17.9. The second-order valence-electron chi connectivity index (χ2n) is 12.5. The highest BCUT2D eigenvalue weighted by Gasteiger charge is 2.50. The molecule has 1 saturated heterocycles. The highest BCUT2D eigenvalue weighted by atomic mass is 19.1. The van der Waals surface area contributed by atoms with Crippen LogP contribution in [-0.2, 0) is 15.3 Å². The summed E-state index contributed by atoms with van der Waals surface area (Å²) in [6.07, 6.45) is 9.67. The van der Waals surface area contributed by atoms with E-state index in [1.54, 1.807) is 6.08 Å². The number of anilines is 1. The number of amides is 4. The largest absolute Gasteiger partial charge is 0.338 e. The number of alkyl halides is 1. The number of hydrogen-bond acceptors (Lipinski definition) is 4. The van der Waals surface area contributed by atoms with E-state index in [0.717, 1.165) is 75.6 Å². The first-order chi connectivity index (χ1) is 20.1. The van der Waals surface area contributed by atoms with E-state index in [4.69, 9.17) is 0 Å². The van der Waals surface area contributed by atoms with Crippen LogP contribution in [0.2, 0.25) is 0 Å². The van der Waals surface area contributed by atoms with Crippen LogP contribution in [0.3, 0.4) is 0 Å². The Kier molecular flexibility index (Phi) is 7.16. The van der Waals surface area contributed by atoms with Crippen molar-refractivity contribution in [1.29, 1.82) is 0 Å². The molecule has 218 valence electrons. The number of benzene rings is 3. The Morgan fingerprint density at radius 2 is 1.40 bits per heavy atom. The van der Waals surface area contributed by atoms with Crippen LogP contribution >= 0.6 is 0 Å². The van der Waals surface area contributed by atoms with E-state index < -0.39 is 23.5 Å². The lowest BCUT2D eigenvalue weighted by Gasteiger charge is -2.34. The zero-order chi connectivity index (χ0) is 29.8. The first-order valence-corrected chi connectivity index (χ1v) is 15.1. The minimum Gasteiger partial charge on any atom is -0.338 e. The summed E-state index contributed by atoms with van der Waals surface area (Å²) >= 11 is 0. The van der Waals surface area contributed by atoms with Crippen molar-refractivity contribution in [3.8, 4) is 0 Å². The van der Waals surface area contributed by atoms with Crippen molar-refractivity contribution in [2.75, 3.05) is 19.0 Å². The number of fused-ring (bicyclic) bond motifs is 3. The van der Waals surface area contributed by atoms with Gasteiger partial charge in [-0.05, 0) is 83.1 Å². The third kappa shape index (κ3) is 4.59. The Morgan fingerprint density at radius 3 is 1.98 bits per heavy atom. The minimum absolute atomic E-state index is 0.0492. The van der Waals surface area contributed by atoms with Gasteiger partial charge in [0.15, 0.2) is 5.67 Å². The number of barbiturate groups is 1. The molecule has 1 atom stereocenters. The Hall–Kier alpha value is -4.00. The number of nitrogens with zero attached hydrogens (tertiary/aromatic N) is 3. The zero-order valence-corrected chi connectivity index (χ0v) is 24.8. The van der Waals surface area contributed by atoms with Crippen LogP contribution in [0.25, 0.3) is 21.5 Å². The Morgan fingerprint density at radius 1 is 0.833 bits per heavy atom. The summed E-state index contributed by atoms with van der Waals surface area (Å²) in [5, 5.41) is 4.28. The number of likely N-dealkylation sites (N-methyl/N-ethyl adjacent to an activating group) is 2. The van der Waals surface area contributed by atoms with Crippen LogP contribution < -0.4 is 4.90 Å². The van der Waals surface area contributed by atoms with Gasteiger partial charge < -0.3 is 4.90 Å². The quantitative estimate of drug-likeness (QED) is 0.141. The van der Waals surface area contributed by atoms with Gasteiger partial charge in [-0.2, -0.15) is 0 Å². The third-order valence-corrected chi connectivity index (χ3v) is 9.10. The molecule has 1 unspecified atom stereocenters. The van der Waals surface area contributed by atoms with Crippen molar-refractivity contribution in [1.82, 2.24) is 9.80 Å². The van der Waals surface area contributed by atoms with E-state index in [0.29, 0.717) is 11.3 Å². The standard InChI is InChI=1S/C35H38FN3O3/c1-22(2)21-35(36)29-19-25-17-23-11-9-10-12-24(23)18-26(25)20-30(29)39(27-13-7-5-6-8-14-27)31(35)16-15-28-32(40)37(3)34(42)38(4)33(28)41/h9-12,15-20,22,27H,5-8,13-14,21H2,1-4H3/b31-16+. The molecule has 0 aromatic heterocycles. The molecule has 2 fully saturated rings. The highest BCUT2D eigenvalue weighted by molar-refractivity contribution is 6.28. The molecule has 3 aromatic rings. The molecular weight excluding hydrogens is 529 g/mol. The SMILES string of the molecule is CC(C)CC1(F)/C(=C\C=C2C(=O)N(C)C(=O)N(C)C2=O)N(C2CCCCCC2)c2cc3cc4ccccc4cc3cc21. The average molecular weight is 568 g/mol. The van der Waals surface area contributed by atoms with E-state index in [1.165, 1.54) is 20.2 Å². The predicted octanol–water partition coefficient (Wildman–Crippen LogP) is 7.61. The van der Waals surface area contributed by atoms with Crippen molar-refractivity contribution in [2.45, 2.75) is 70.5 Å². The van der Waals surface area contributed by atoms with Gasteiger partial charge in [0.2, 0.25) is 0 Å². The molecule has 7 heteroatoms. The van der Waals surface area contributed by atoms with Crippen molar-refractivity contribution in [3.63, 3.8) is 0 Å². The van der Waals surface area contributed by atoms with Gasteiger partial charge in [0.25, 0.3) is 11.8 Å². The minimum atomic E-state index is -1.82. The van der Waals surface area contributed by atoms with Gasteiger partial charge in [0.1, 0.15) is 5.57 Å². The molecule has 42 heavy (non-hydrogen) atoms. The molecule has 0 spiro atoms. The fourth-order valence-electron chi connectivity index (χ4n) is 7.01. The molecule has 3 aliphatic rings.